The maximum Gasteiger partial charge on any atom is 0.243 e. The molecule has 4 heteroatoms. The van der Waals surface area contributed by atoms with Crippen molar-refractivity contribution in [1.29, 1.82) is 0 Å². The van der Waals surface area contributed by atoms with Gasteiger partial charge in [0.1, 0.15) is 5.75 Å². The summed E-state index contributed by atoms with van der Waals surface area (Å²) in [5.74, 6) is 1.03. The maximum absolute atomic E-state index is 12.4. The number of carbonyl (C=O) groups excluding carboxylic acids is 1. The number of hydrogen-bond acceptors (Lipinski definition) is 3. The number of likely N-dealkylation sites (N-methyl/N-ethyl adjacent to an activating group) is 1. The molecule has 2 rings (SSSR count). The molecule has 1 saturated heterocycles. The molecule has 1 aromatic carbocycles. The molecule has 1 fully saturated rings. The minimum Gasteiger partial charge on any atom is -0.496 e. The van der Waals surface area contributed by atoms with Crippen molar-refractivity contribution in [3.05, 3.63) is 23.3 Å². The topological polar surface area (TPSA) is 41.6 Å². The molecule has 1 aliphatic heterocycles. The zero-order chi connectivity index (χ0) is 14.0. The summed E-state index contributed by atoms with van der Waals surface area (Å²) in [6.07, 6.45) is 2.00. The third-order valence-electron chi connectivity index (χ3n) is 3.73. The summed E-state index contributed by atoms with van der Waals surface area (Å²) in [6, 6.07) is 3.96. The number of nitrogens with zero attached hydrogens (tertiary/aromatic N) is 1. The lowest BCUT2D eigenvalue weighted by molar-refractivity contribution is -0.119. The number of ether oxygens (including phenoxy) is 1. The van der Waals surface area contributed by atoms with Gasteiger partial charge in [0, 0.05) is 12.7 Å². The Labute approximate surface area is 114 Å². The number of nitrogens with one attached hydrogen (secondary N) is 1. The lowest BCUT2D eigenvalue weighted by Crippen LogP contribution is -2.41. The Bertz CT molecular complexity index is 456. The second kappa shape index (κ2) is 5.61. The van der Waals surface area contributed by atoms with Gasteiger partial charge in [0.05, 0.1) is 13.2 Å². The van der Waals surface area contributed by atoms with E-state index < -0.39 is 0 Å². The zero-order valence-corrected chi connectivity index (χ0v) is 12.1. The first-order valence-electron chi connectivity index (χ1n) is 6.70. The lowest BCUT2D eigenvalue weighted by atomic mass is 10.1. The molecule has 1 unspecified atom stereocenters. The Hall–Kier alpha value is -1.55. The number of hydrogen-bond donors (Lipinski definition) is 1. The molecular formula is C15H22N2O2. The van der Waals surface area contributed by atoms with Crippen LogP contribution in [0.15, 0.2) is 12.1 Å². The van der Waals surface area contributed by atoms with Gasteiger partial charge in [0.15, 0.2) is 0 Å². The minimum atomic E-state index is -0.0345. The van der Waals surface area contributed by atoms with Crippen molar-refractivity contribution in [3.8, 4) is 5.75 Å². The van der Waals surface area contributed by atoms with Crippen molar-refractivity contribution in [3.63, 3.8) is 0 Å². The number of amides is 1. The second-order valence-electron chi connectivity index (χ2n) is 5.16. The summed E-state index contributed by atoms with van der Waals surface area (Å²) in [6.45, 7) is 4.94. The first-order chi connectivity index (χ1) is 9.04. The Morgan fingerprint density at radius 2 is 2.00 bits per heavy atom. The molecule has 1 heterocycles. The van der Waals surface area contributed by atoms with Crippen molar-refractivity contribution in [2.45, 2.75) is 32.7 Å². The molecule has 1 atom stereocenters. The van der Waals surface area contributed by atoms with Crippen LogP contribution in [0.2, 0.25) is 0 Å². The highest BCUT2D eigenvalue weighted by Gasteiger charge is 2.26. The van der Waals surface area contributed by atoms with E-state index in [1.54, 1.807) is 12.0 Å². The first kappa shape index (κ1) is 13.9. The SMILES string of the molecule is COc1c(C)cc(N(C)C(=O)C2CCCN2)cc1C. The van der Waals surface area contributed by atoms with E-state index in [1.165, 1.54) is 0 Å². The molecule has 1 aliphatic rings. The van der Waals surface area contributed by atoms with E-state index >= 15 is 0 Å². The van der Waals surface area contributed by atoms with Crippen molar-refractivity contribution >= 4 is 11.6 Å². The highest BCUT2D eigenvalue weighted by molar-refractivity contribution is 5.97. The van der Waals surface area contributed by atoms with Crippen LogP contribution < -0.4 is 15.0 Å². The molecule has 104 valence electrons. The molecule has 0 spiro atoms. The van der Waals surface area contributed by atoms with Crippen LogP contribution in [0.1, 0.15) is 24.0 Å². The zero-order valence-electron chi connectivity index (χ0n) is 12.1. The van der Waals surface area contributed by atoms with Crippen LogP contribution in [0, 0.1) is 13.8 Å². The van der Waals surface area contributed by atoms with Gasteiger partial charge in [-0.05, 0) is 56.5 Å². The fraction of sp³-hybridized carbons (Fsp3) is 0.533. The standard InChI is InChI=1S/C15H22N2O2/c1-10-8-12(9-11(2)14(10)19-4)17(3)15(18)13-6-5-7-16-13/h8-9,13,16H,5-7H2,1-4H3. The summed E-state index contributed by atoms with van der Waals surface area (Å²) < 4.78 is 5.35. The summed E-state index contributed by atoms with van der Waals surface area (Å²) >= 11 is 0. The van der Waals surface area contributed by atoms with Crippen LogP contribution in [0.25, 0.3) is 0 Å². The highest BCUT2D eigenvalue weighted by atomic mass is 16.5. The predicted molar refractivity (Wildman–Crippen MR) is 76.9 cm³/mol. The Morgan fingerprint density at radius 3 is 2.47 bits per heavy atom. The molecule has 19 heavy (non-hydrogen) atoms. The van der Waals surface area contributed by atoms with Crippen LogP contribution in [0.3, 0.4) is 0 Å². The van der Waals surface area contributed by atoms with E-state index in [9.17, 15) is 4.79 Å². The molecule has 4 nitrogen and oxygen atoms in total. The van der Waals surface area contributed by atoms with Gasteiger partial charge in [-0.25, -0.2) is 0 Å². The van der Waals surface area contributed by atoms with E-state index in [2.05, 4.69) is 5.32 Å². The molecule has 0 radical (unpaired) electrons. The van der Waals surface area contributed by atoms with Gasteiger partial charge >= 0.3 is 0 Å². The number of rotatable bonds is 3. The molecule has 0 aliphatic carbocycles. The fourth-order valence-corrected chi connectivity index (χ4v) is 2.70. The van der Waals surface area contributed by atoms with Crippen molar-refractivity contribution < 1.29 is 9.53 Å². The van der Waals surface area contributed by atoms with Crippen LogP contribution >= 0.6 is 0 Å². The average molecular weight is 262 g/mol. The van der Waals surface area contributed by atoms with Crippen molar-refractivity contribution in [2.24, 2.45) is 0 Å². The normalized spacial score (nSPS) is 18.4. The summed E-state index contributed by atoms with van der Waals surface area (Å²) in [4.78, 5) is 14.1. The Morgan fingerprint density at radius 1 is 1.37 bits per heavy atom. The quantitative estimate of drug-likeness (QED) is 0.906. The summed E-state index contributed by atoms with van der Waals surface area (Å²) in [5, 5.41) is 3.24. The highest BCUT2D eigenvalue weighted by Crippen LogP contribution is 2.28. The van der Waals surface area contributed by atoms with Crippen molar-refractivity contribution in [1.82, 2.24) is 5.32 Å². The van der Waals surface area contributed by atoms with E-state index in [4.69, 9.17) is 4.74 Å². The third kappa shape index (κ3) is 2.73. The number of aryl methyl sites for hydroxylation is 2. The van der Waals surface area contributed by atoms with Crippen LogP contribution in [-0.4, -0.2) is 32.7 Å². The monoisotopic (exact) mass is 262 g/mol. The molecule has 0 aromatic heterocycles. The molecule has 0 bridgehead atoms. The maximum atomic E-state index is 12.4. The molecule has 0 saturated carbocycles. The number of carbonyl (C=O) groups is 1. The van der Waals surface area contributed by atoms with E-state index in [0.29, 0.717) is 0 Å². The Kier molecular flexibility index (Phi) is 4.10. The second-order valence-corrected chi connectivity index (χ2v) is 5.16. The average Bonchev–Trinajstić information content (AvgIpc) is 2.90. The van der Waals surface area contributed by atoms with Gasteiger partial charge < -0.3 is 15.0 Å². The number of anilines is 1. The number of methoxy groups -OCH3 is 1. The van der Waals surface area contributed by atoms with Gasteiger partial charge in [-0.15, -0.1) is 0 Å². The number of benzene rings is 1. The molecule has 1 aromatic rings. The molecule has 1 N–H and O–H groups in total. The van der Waals surface area contributed by atoms with Gasteiger partial charge in [0.2, 0.25) is 5.91 Å². The van der Waals surface area contributed by atoms with Crippen molar-refractivity contribution in [2.75, 3.05) is 25.6 Å². The summed E-state index contributed by atoms with van der Waals surface area (Å²) in [7, 11) is 3.51. The van der Waals surface area contributed by atoms with Crippen LogP contribution in [0.4, 0.5) is 5.69 Å². The van der Waals surface area contributed by atoms with E-state index in [1.807, 2.05) is 33.0 Å². The first-order valence-corrected chi connectivity index (χ1v) is 6.70. The van der Waals surface area contributed by atoms with Gasteiger partial charge in [-0.1, -0.05) is 0 Å². The minimum absolute atomic E-state index is 0.0345. The van der Waals surface area contributed by atoms with Crippen LogP contribution in [-0.2, 0) is 4.79 Å². The van der Waals surface area contributed by atoms with E-state index in [-0.39, 0.29) is 11.9 Å². The Balaban J connectivity index is 2.23. The van der Waals surface area contributed by atoms with E-state index in [0.717, 1.165) is 42.0 Å². The van der Waals surface area contributed by atoms with Gasteiger partial charge in [-0.3, -0.25) is 4.79 Å². The smallest absolute Gasteiger partial charge is 0.243 e. The third-order valence-corrected chi connectivity index (χ3v) is 3.73. The van der Waals surface area contributed by atoms with Crippen LogP contribution in [0.5, 0.6) is 5.75 Å². The summed E-state index contributed by atoms with van der Waals surface area (Å²) in [5.41, 5.74) is 3.03. The fourth-order valence-electron chi connectivity index (χ4n) is 2.70. The molecule has 1 amide bonds. The molecular weight excluding hydrogens is 240 g/mol. The largest absolute Gasteiger partial charge is 0.496 e. The van der Waals surface area contributed by atoms with Gasteiger partial charge in [0.25, 0.3) is 0 Å². The van der Waals surface area contributed by atoms with Gasteiger partial charge in [-0.2, -0.15) is 0 Å². The lowest BCUT2D eigenvalue weighted by Gasteiger charge is -2.23. The predicted octanol–water partition coefficient (Wildman–Crippen LogP) is 2.03.